The fourth-order valence-electron chi connectivity index (χ4n) is 2.73. The van der Waals surface area contributed by atoms with Gasteiger partial charge in [-0.1, -0.05) is 42.5 Å². The van der Waals surface area contributed by atoms with Crippen molar-refractivity contribution in [2.24, 2.45) is 0 Å². The highest BCUT2D eigenvalue weighted by atomic mass is 32.1. The maximum Gasteiger partial charge on any atom is 0.534 e. The summed E-state index contributed by atoms with van der Waals surface area (Å²) >= 11 is 1.39. The second-order valence-electron chi connectivity index (χ2n) is 5.89. The molecule has 0 aliphatic heterocycles. The van der Waals surface area contributed by atoms with Gasteiger partial charge >= 0.3 is 6.09 Å². The van der Waals surface area contributed by atoms with Crippen LogP contribution in [0.5, 0.6) is 0 Å². The molecule has 0 aliphatic carbocycles. The quantitative estimate of drug-likeness (QED) is 0.330. The lowest BCUT2D eigenvalue weighted by atomic mass is 10.1. The molecule has 1 amide bonds. The van der Waals surface area contributed by atoms with Crippen LogP contribution in [0.25, 0.3) is 10.1 Å². The zero-order valence-electron chi connectivity index (χ0n) is 14.3. The molecule has 3 aromatic rings. The largest absolute Gasteiger partial charge is 0.601 e. The van der Waals surface area contributed by atoms with Crippen LogP contribution in [0.3, 0.4) is 0 Å². The van der Waals surface area contributed by atoms with Crippen molar-refractivity contribution in [3.05, 3.63) is 65.4 Å². The van der Waals surface area contributed by atoms with E-state index in [2.05, 4.69) is 15.1 Å². The SMILES string of the molecule is CC(c1ccccc1)[N+]([O-])(NCCNc1nsc2ccccc12)C(=O)O. The van der Waals surface area contributed by atoms with E-state index in [1.54, 1.807) is 31.2 Å². The van der Waals surface area contributed by atoms with Crippen LogP contribution in [0.15, 0.2) is 54.6 Å². The number of anilines is 1. The van der Waals surface area contributed by atoms with Gasteiger partial charge in [0.1, 0.15) is 11.9 Å². The summed E-state index contributed by atoms with van der Waals surface area (Å²) in [6, 6.07) is 16.0. The number of carbonyl (C=O) groups is 1. The van der Waals surface area contributed by atoms with E-state index in [4.69, 9.17) is 0 Å². The van der Waals surface area contributed by atoms with Gasteiger partial charge in [0.2, 0.25) is 0 Å². The first-order chi connectivity index (χ1) is 12.5. The minimum absolute atomic E-state index is 0.179. The van der Waals surface area contributed by atoms with Crippen LogP contribution in [0.1, 0.15) is 18.5 Å². The summed E-state index contributed by atoms with van der Waals surface area (Å²) in [6.07, 6.45) is -1.47. The molecule has 0 radical (unpaired) electrons. The Morgan fingerprint density at radius 2 is 1.88 bits per heavy atom. The Bertz CT molecular complexity index is 886. The maximum absolute atomic E-state index is 12.9. The van der Waals surface area contributed by atoms with Crippen molar-refractivity contribution in [2.75, 3.05) is 18.4 Å². The van der Waals surface area contributed by atoms with Crippen LogP contribution in [0.2, 0.25) is 0 Å². The number of nitrogens with zero attached hydrogens (tertiary/aromatic N) is 2. The third-order valence-corrected chi connectivity index (χ3v) is 5.08. The van der Waals surface area contributed by atoms with Crippen LogP contribution in [-0.4, -0.2) is 33.4 Å². The smallest absolute Gasteiger partial charge is 0.534 e. The number of rotatable bonds is 7. The van der Waals surface area contributed by atoms with Gasteiger partial charge in [-0.2, -0.15) is 19.3 Å². The number of hydroxylamine groups is 2. The number of nitrogens with one attached hydrogen (secondary N) is 2. The zero-order chi connectivity index (χ0) is 18.6. The van der Waals surface area contributed by atoms with Crippen LogP contribution in [0, 0.1) is 5.21 Å². The van der Waals surface area contributed by atoms with E-state index >= 15 is 0 Å². The Morgan fingerprint density at radius 1 is 1.19 bits per heavy atom. The summed E-state index contributed by atoms with van der Waals surface area (Å²) in [7, 11) is 0. The highest BCUT2D eigenvalue weighted by molar-refractivity contribution is 7.13. The van der Waals surface area contributed by atoms with E-state index in [1.165, 1.54) is 11.5 Å². The first kappa shape index (κ1) is 18.3. The fraction of sp³-hybridized carbons (Fsp3) is 0.222. The molecule has 0 bridgehead atoms. The lowest BCUT2D eigenvalue weighted by molar-refractivity contribution is -0.882. The van der Waals surface area contributed by atoms with Crippen LogP contribution >= 0.6 is 11.5 Å². The van der Waals surface area contributed by atoms with Crippen molar-refractivity contribution in [3.63, 3.8) is 0 Å². The minimum Gasteiger partial charge on any atom is -0.601 e. The molecule has 7 nitrogen and oxygen atoms in total. The number of hydrogen-bond acceptors (Lipinski definition) is 6. The van der Waals surface area contributed by atoms with Gasteiger partial charge in [0.25, 0.3) is 0 Å². The van der Waals surface area contributed by atoms with Crippen molar-refractivity contribution in [2.45, 2.75) is 13.0 Å². The summed E-state index contributed by atoms with van der Waals surface area (Å²) in [5.41, 5.74) is 3.26. The number of aromatic nitrogens is 1. The van der Waals surface area contributed by atoms with E-state index in [0.717, 1.165) is 15.9 Å². The molecule has 0 saturated heterocycles. The summed E-state index contributed by atoms with van der Waals surface area (Å²) in [4.78, 5) is 11.6. The van der Waals surface area contributed by atoms with E-state index in [1.807, 2.05) is 30.3 Å². The number of fused-ring (bicyclic) bond motifs is 1. The monoisotopic (exact) mass is 372 g/mol. The van der Waals surface area contributed by atoms with Crippen LogP contribution < -0.4 is 10.7 Å². The normalized spacial score (nSPS) is 14.7. The third-order valence-electron chi connectivity index (χ3n) is 4.25. The van der Waals surface area contributed by atoms with Crippen molar-refractivity contribution >= 4 is 33.5 Å². The van der Waals surface area contributed by atoms with Gasteiger partial charge < -0.3 is 15.6 Å². The van der Waals surface area contributed by atoms with Gasteiger partial charge in [0.15, 0.2) is 0 Å². The van der Waals surface area contributed by atoms with Crippen molar-refractivity contribution in [1.29, 1.82) is 0 Å². The van der Waals surface area contributed by atoms with Crippen LogP contribution in [-0.2, 0) is 0 Å². The van der Waals surface area contributed by atoms with Gasteiger partial charge in [-0.3, -0.25) is 0 Å². The number of benzene rings is 2. The standard InChI is InChI=1S/C18H20N4O3S/c1-13(14-7-3-2-4-8-14)22(25,18(23)24)20-12-11-19-17-15-9-5-6-10-16(15)26-21-17/h2-10,13,20H,11-12H2,1H3,(H,19,21)(H,23,24). The molecule has 2 aromatic carbocycles. The zero-order valence-corrected chi connectivity index (χ0v) is 15.1. The third kappa shape index (κ3) is 3.68. The molecule has 0 fully saturated rings. The van der Waals surface area contributed by atoms with E-state index in [-0.39, 0.29) is 6.54 Å². The Morgan fingerprint density at radius 3 is 2.62 bits per heavy atom. The minimum atomic E-state index is -1.54. The Labute approximate surface area is 155 Å². The number of amides is 1. The molecule has 26 heavy (non-hydrogen) atoms. The summed E-state index contributed by atoms with van der Waals surface area (Å²) in [5, 5.41) is 26.5. The molecule has 1 heterocycles. The highest BCUT2D eigenvalue weighted by Crippen LogP contribution is 2.27. The predicted octanol–water partition coefficient (Wildman–Crippen LogP) is 3.97. The van der Waals surface area contributed by atoms with Crippen molar-refractivity contribution < 1.29 is 14.7 Å². The number of carboxylic acid groups (broad SMARTS) is 1. The molecular formula is C18H20N4O3S. The van der Waals surface area contributed by atoms with Crippen molar-refractivity contribution in [1.82, 2.24) is 9.80 Å². The molecule has 0 spiro atoms. The van der Waals surface area contributed by atoms with Gasteiger partial charge in [0.05, 0.1) is 11.2 Å². The molecule has 0 aliphatic rings. The Hall–Kier alpha value is -2.52. The second kappa shape index (κ2) is 7.79. The molecule has 2 atom stereocenters. The van der Waals surface area contributed by atoms with E-state index in [0.29, 0.717) is 12.1 Å². The lowest BCUT2D eigenvalue weighted by Gasteiger charge is -2.40. The molecule has 3 N–H and O–H groups in total. The van der Waals surface area contributed by atoms with Gasteiger partial charge in [-0.25, -0.2) is 0 Å². The van der Waals surface area contributed by atoms with Gasteiger partial charge in [-0.05, 0) is 30.6 Å². The first-order valence-electron chi connectivity index (χ1n) is 8.24. The number of hydrogen-bond donors (Lipinski definition) is 3. The lowest BCUT2D eigenvalue weighted by Crippen LogP contribution is -2.59. The average Bonchev–Trinajstić information content (AvgIpc) is 3.08. The fourth-order valence-corrected chi connectivity index (χ4v) is 3.48. The van der Waals surface area contributed by atoms with E-state index in [9.17, 15) is 15.1 Å². The molecular weight excluding hydrogens is 352 g/mol. The van der Waals surface area contributed by atoms with Crippen molar-refractivity contribution in [3.8, 4) is 0 Å². The molecule has 8 heteroatoms. The highest BCUT2D eigenvalue weighted by Gasteiger charge is 2.35. The van der Waals surface area contributed by atoms with Crippen LogP contribution in [0.4, 0.5) is 10.6 Å². The molecule has 1 aromatic heterocycles. The molecule has 136 valence electrons. The summed E-state index contributed by atoms with van der Waals surface area (Å²) in [6.45, 7) is 2.16. The van der Waals surface area contributed by atoms with E-state index < -0.39 is 16.9 Å². The number of quaternary nitrogens is 1. The van der Waals surface area contributed by atoms with Gasteiger partial charge in [0, 0.05) is 17.5 Å². The summed E-state index contributed by atoms with van der Waals surface area (Å²) in [5.74, 6) is 0.739. The molecule has 2 unspecified atom stereocenters. The Balaban J connectivity index is 1.63. The maximum atomic E-state index is 12.9. The topological polar surface area (TPSA) is 97.3 Å². The van der Waals surface area contributed by atoms with Gasteiger partial charge in [-0.15, -0.1) is 0 Å². The Kier molecular flexibility index (Phi) is 5.48. The molecule has 0 saturated carbocycles. The first-order valence-corrected chi connectivity index (χ1v) is 9.01. The average molecular weight is 372 g/mol. The second-order valence-corrected chi connectivity index (χ2v) is 6.69. The summed E-state index contributed by atoms with van der Waals surface area (Å²) < 4.78 is 3.88. The molecule has 3 rings (SSSR count). The predicted molar refractivity (Wildman–Crippen MR) is 103 cm³/mol.